The number of nitrogens with zero attached hydrogens (tertiary/aromatic N) is 1. The van der Waals surface area contributed by atoms with E-state index in [2.05, 4.69) is 0 Å². The molecule has 32 heavy (non-hydrogen) atoms. The number of nitrogens with one attached hydrogen (secondary N) is 1. The zero-order valence-electron chi connectivity index (χ0n) is 18.3. The van der Waals surface area contributed by atoms with Gasteiger partial charge in [-0.3, -0.25) is 9.59 Å². The van der Waals surface area contributed by atoms with Crippen molar-refractivity contribution >= 4 is 39.0 Å². The van der Waals surface area contributed by atoms with Crippen LogP contribution in [0.1, 0.15) is 38.7 Å². The summed E-state index contributed by atoms with van der Waals surface area (Å²) in [5, 5.41) is 9.49. The fourth-order valence-electron chi connectivity index (χ4n) is 3.41. The van der Waals surface area contributed by atoms with Crippen LogP contribution < -0.4 is 10.5 Å². The molecule has 10 heteroatoms. The topological polar surface area (TPSA) is 130 Å². The van der Waals surface area contributed by atoms with Crippen LogP contribution in [0.15, 0.2) is 48.1 Å². The second-order valence-electron chi connectivity index (χ2n) is 7.68. The van der Waals surface area contributed by atoms with E-state index in [0.717, 1.165) is 6.92 Å². The lowest BCUT2D eigenvalue weighted by Gasteiger charge is -2.35. The van der Waals surface area contributed by atoms with E-state index in [-0.39, 0.29) is 25.4 Å². The van der Waals surface area contributed by atoms with E-state index in [1.807, 2.05) is 11.6 Å². The third-order valence-electron chi connectivity index (χ3n) is 5.08. The second kappa shape index (κ2) is 11.1. The van der Waals surface area contributed by atoms with Gasteiger partial charge in [0.1, 0.15) is 6.10 Å². The van der Waals surface area contributed by atoms with Crippen molar-refractivity contribution in [2.45, 2.75) is 43.4 Å². The van der Waals surface area contributed by atoms with Gasteiger partial charge in [-0.05, 0) is 30.1 Å². The number of halogens is 1. The van der Waals surface area contributed by atoms with E-state index < -0.39 is 26.2 Å². The molecule has 8 nitrogen and oxygen atoms in total. The average Bonchev–Trinajstić information content (AvgIpc) is 2.74. The molecule has 0 spiro atoms. The summed E-state index contributed by atoms with van der Waals surface area (Å²) < 4.78 is 26.4. The maximum atomic E-state index is 13.3. The van der Waals surface area contributed by atoms with Crippen molar-refractivity contribution in [3.05, 3.63) is 53.6 Å². The van der Waals surface area contributed by atoms with Gasteiger partial charge >= 0.3 is 0 Å². The average molecular weight is 484 g/mol. The molecular formula is C22H30ClN3O5S. The molecular weight excluding hydrogens is 454 g/mol. The summed E-state index contributed by atoms with van der Waals surface area (Å²) >= 11 is 6.79. The van der Waals surface area contributed by atoms with Crippen LogP contribution in [0.25, 0.3) is 5.57 Å². The second-order valence-corrected chi connectivity index (χ2v) is 10.5. The van der Waals surface area contributed by atoms with Crippen LogP contribution in [0.2, 0.25) is 0 Å². The molecule has 1 unspecified atom stereocenters. The highest BCUT2D eigenvalue weighted by molar-refractivity contribution is 7.93. The Morgan fingerprint density at radius 3 is 2.50 bits per heavy atom. The zero-order chi connectivity index (χ0) is 23.9. The van der Waals surface area contributed by atoms with Crippen molar-refractivity contribution in [3.8, 4) is 0 Å². The van der Waals surface area contributed by atoms with Crippen LogP contribution in [0.3, 0.4) is 0 Å². The quantitative estimate of drug-likeness (QED) is 0.435. The normalized spacial score (nSPS) is 19.5. The first-order valence-corrected chi connectivity index (χ1v) is 12.3. The largest absolute Gasteiger partial charge is 0.384 e. The Morgan fingerprint density at radius 1 is 1.28 bits per heavy atom. The number of carbonyl (C=O) groups is 2. The molecule has 1 aliphatic rings. The van der Waals surface area contributed by atoms with Crippen LogP contribution in [0, 0.1) is 0 Å². The number of rotatable bonds is 10. The van der Waals surface area contributed by atoms with Crippen molar-refractivity contribution in [2.24, 2.45) is 5.73 Å². The number of benzene rings is 1. The molecule has 0 bridgehead atoms. The molecule has 176 valence electrons. The Hall–Kier alpha value is -2.20. The smallest absolute Gasteiger partial charge is 0.262 e. The van der Waals surface area contributed by atoms with Crippen LogP contribution in [0.5, 0.6) is 0 Å². The molecule has 0 saturated carbocycles. The summed E-state index contributed by atoms with van der Waals surface area (Å²) in [5.74, 6) is -1.15. The number of carbonyl (C=O) groups excluding carboxylic acids is 2. The molecule has 2 rings (SSSR count). The molecule has 2 atom stereocenters. The van der Waals surface area contributed by atoms with Crippen LogP contribution in [0.4, 0.5) is 0 Å². The summed E-state index contributed by atoms with van der Waals surface area (Å²) in [7, 11) is -4.47. The van der Waals surface area contributed by atoms with Gasteiger partial charge in [-0.15, -0.1) is 0 Å². The lowest BCUT2D eigenvalue weighted by Crippen LogP contribution is -2.49. The number of allylic oxidation sites excluding steroid dienone is 2. The standard InChI is InChI=1S/C22H30ClN3O5S/c1-3-7-20(28)26(13-12-24)15-17-10-11-19(18-8-5-4-6-9-18)22(23,14-17)32(30,31)25-21(29)16(2)27/h4-6,8-11,16,27H,3,7,12-15,24H2,1-2H3,(H,25,29)/t16-,22?/m0/s1. The molecule has 0 fully saturated rings. The van der Waals surface area contributed by atoms with Crippen LogP contribution in [-0.4, -0.2) is 60.2 Å². The molecule has 0 aromatic heterocycles. The number of alkyl halides is 1. The lowest BCUT2D eigenvalue weighted by molar-refractivity contribution is -0.130. The molecule has 1 aromatic carbocycles. The van der Waals surface area contributed by atoms with E-state index in [4.69, 9.17) is 17.3 Å². The molecule has 1 aromatic rings. The van der Waals surface area contributed by atoms with Crippen molar-refractivity contribution in [1.29, 1.82) is 0 Å². The summed E-state index contributed by atoms with van der Waals surface area (Å²) in [6.45, 7) is 3.82. The third-order valence-corrected chi connectivity index (χ3v) is 7.71. The highest BCUT2D eigenvalue weighted by Crippen LogP contribution is 2.45. The molecule has 0 heterocycles. The maximum Gasteiger partial charge on any atom is 0.262 e. The summed E-state index contributed by atoms with van der Waals surface area (Å²) in [6.07, 6.45) is 2.69. The van der Waals surface area contributed by atoms with Crippen molar-refractivity contribution in [2.75, 3.05) is 19.6 Å². The van der Waals surface area contributed by atoms with Crippen molar-refractivity contribution in [3.63, 3.8) is 0 Å². The third kappa shape index (κ3) is 5.98. The molecule has 2 amide bonds. The number of aliphatic hydroxyl groups excluding tert-OH is 1. The monoisotopic (exact) mass is 483 g/mol. The number of amides is 2. The van der Waals surface area contributed by atoms with E-state index in [1.165, 1.54) is 0 Å². The summed E-state index contributed by atoms with van der Waals surface area (Å²) in [4.78, 5) is 26.0. The van der Waals surface area contributed by atoms with E-state index in [0.29, 0.717) is 36.1 Å². The molecule has 0 aliphatic heterocycles. The maximum absolute atomic E-state index is 13.3. The van der Waals surface area contributed by atoms with Crippen LogP contribution >= 0.6 is 11.6 Å². The minimum Gasteiger partial charge on any atom is -0.384 e. The van der Waals surface area contributed by atoms with E-state index in [9.17, 15) is 23.1 Å². The Morgan fingerprint density at radius 2 is 1.94 bits per heavy atom. The summed E-state index contributed by atoms with van der Waals surface area (Å²) in [5.41, 5.74) is 7.13. The van der Waals surface area contributed by atoms with Gasteiger partial charge in [-0.25, -0.2) is 13.1 Å². The highest BCUT2D eigenvalue weighted by atomic mass is 35.5. The highest BCUT2D eigenvalue weighted by Gasteiger charge is 2.49. The number of hydrogen-bond acceptors (Lipinski definition) is 6. The SMILES string of the molecule is CCCC(=O)N(CCN)CC1=CC=C(c2ccccc2)C(Cl)(S(=O)(=O)NC(=O)[C@H](C)O)C1. The number of sulfonamides is 1. The van der Waals surface area contributed by atoms with Gasteiger partial charge in [0.05, 0.1) is 0 Å². The predicted molar refractivity (Wildman–Crippen MR) is 125 cm³/mol. The van der Waals surface area contributed by atoms with Crippen molar-refractivity contribution < 1.29 is 23.1 Å². The number of aliphatic hydroxyl groups is 1. The molecule has 0 radical (unpaired) electrons. The Balaban J connectivity index is 2.48. The Kier molecular flexibility index (Phi) is 9.03. The van der Waals surface area contributed by atoms with Gasteiger partial charge in [0, 0.05) is 32.5 Å². The fourth-order valence-corrected chi connectivity index (χ4v) is 5.32. The Bertz CT molecular complexity index is 992. The lowest BCUT2D eigenvalue weighted by atomic mass is 9.92. The first-order chi connectivity index (χ1) is 15.1. The van der Waals surface area contributed by atoms with Crippen LogP contribution in [-0.2, 0) is 19.6 Å². The molecule has 1 aliphatic carbocycles. The number of hydrogen-bond donors (Lipinski definition) is 3. The van der Waals surface area contributed by atoms with Gasteiger partial charge in [0.15, 0.2) is 4.21 Å². The minimum absolute atomic E-state index is 0.0814. The van der Waals surface area contributed by atoms with E-state index >= 15 is 0 Å². The molecule has 4 N–H and O–H groups in total. The molecule has 0 saturated heterocycles. The number of nitrogens with two attached hydrogens (primary N) is 1. The van der Waals surface area contributed by atoms with E-state index in [1.54, 1.807) is 47.4 Å². The first kappa shape index (κ1) is 26.1. The minimum atomic E-state index is -4.47. The van der Waals surface area contributed by atoms with Crippen molar-refractivity contribution in [1.82, 2.24) is 9.62 Å². The predicted octanol–water partition coefficient (Wildman–Crippen LogP) is 1.75. The Labute approximate surface area is 194 Å². The zero-order valence-corrected chi connectivity index (χ0v) is 19.8. The van der Waals surface area contributed by atoms with Gasteiger partial charge < -0.3 is 15.7 Å². The van der Waals surface area contributed by atoms with Gasteiger partial charge in [0.2, 0.25) is 5.91 Å². The first-order valence-electron chi connectivity index (χ1n) is 10.4. The van der Waals surface area contributed by atoms with Gasteiger partial charge in [-0.2, -0.15) is 0 Å². The van der Waals surface area contributed by atoms with Gasteiger partial charge in [-0.1, -0.05) is 61.0 Å². The summed E-state index contributed by atoms with van der Waals surface area (Å²) in [6, 6.07) is 8.73. The van der Waals surface area contributed by atoms with Gasteiger partial charge in [0.25, 0.3) is 15.9 Å². The fraction of sp³-hybridized carbons (Fsp3) is 0.455.